The Kier molecular flexibility index (Phi) is 2.42. The number of cyclic esters (lactones) is 2. The third kappa shape index (κ3) is 1.46. The standard InChI is InChI=1S/C12H12O4/c1-4-8-10(12(14)16-11(8)13)9-5-6(2)15-7(9)3/h4-5,10H,1-3H3. The number of ether oxygens (including phenoxy) is 1. The number of carbonyl (C=O) groups excluding carboxylic acids is 2. The summed E-state index contributed by atoms with van der Waals surface area (Å²) in [4.78, 5) is 23.0. The van der Waals surface area contributed by atoms with Crippen molar-refractivity contribution >= 4 is 11.9 Å². The molecule has 0 aliphatic carbocycles. The zero-order chi connectivity index (χ0) is 11.9. The SMILES string of the molecule is CC=C1C(=O)OC(=O)C1c1cc(C)oc1C. The summed E-state index contributed by atoms with van der Waals surface area (Å²) >= 11 is 0. The zero-order valence-corrected chi connectivity index (χ0v) is 9.37. The molecule has 0 N–H and O–H groups in total. The van der Waals surface area contributed by atoms with E-state index in [9.17, 15) is 9.59 Å². The minimum atomic E-state index is -0.630. The van der Waals surface area contributed by atoms with Gasteiger partial charge in [0.15, 0.2) is 0 Å². The van der Waals surface area contributed by atoms with Crippen molar-refractivity contribution in [3.05, 3.63) is 34.8 Å². The van der Waals surface area contributed by atoms with Crippen LogP contribution in [0.25, 0.3) is 0 Å². The fraction of sp³-hybridized carbons (Fsp3) is 0.333. The van der Waals surface area contributed by atoms with Gasteiger partial charge in [0.2, 0.25) is 0 Å². The van der Waals surface area contributed by atoms with Gasteiger partial charge in [-0.15, -0.1) is 0 Å². The average molecular weight is 220 g/mol. The minimum Gasteiger partial charge on any atom is -0.466 e. The summed E-state index contributed by atoms with van der Waals surface area (Å²) < 4.78 is 9.97. The Morgan fingerprint density at radius 2 is 2.00 bits per heavy atom. The second kappa shape index (κ2) is 3.63. The second-order valence-electron chi connectivity index (χ2n) is 3.75. The highest BCUT2D eigenvalue weighted by molar-refractivity contribution is 6.10. The quantitative estimate of drug-likeness (QED) is 0.412. The minimum absolute atomic E-state index is 0.383. The number of carbonyl (C=O) groups is 2. The van der Waals surface area contributed by atoms with Gasteiger partial charge in [-0.3, -0.25) is 4.79 Å². The molecule has 0 saturated carbocycles. The summed E-state index contributed by atoms with van der Waals surface area (Å²) in [6.07, 6.45) is 1.61. The number of esters is 2. The lowest BCUT2D eigenvalue weighted by Crippen LogP contribution is -2.07. The molecule has 84 valence electrons. The van der Waals surface area contributed by atoms with Crippen LogP contribution in [0.1, 0.15) is 29.9 Å². The van der Waals surface area contributed by atoms with Gasteiger partial charge in [-0.25, -0.2) is 4.79 Å². The van der Waals surface area contributed by atoms with Crippen molar-refractivity contribution in [2.24, 2.45) is 0 Å². The molecule has 1 aliphatic rings. The molecule has 16 heavy (non-hydrogen) atoms. The van der Waals surface area contributed by atoms with Crippen LogP contribution in [0.3, 0.4) is 0 Å². The number of rotatable bonds is 1. The van der Waals surface area contributed by atoms with E-state index in [1.54, 1.807) is 32.9 Å². The fourth-order valence-corrected chi connectivity index (χ4v) is 1.97. The van der Waals surface area contributed by atoms with E-state index in [4.69, 9.17) is 4.42 Å². The molecule has 1 unspecified atom stereocenters. The summed E-state index contributed by atoms with van der Waals surface area (Å²) in [5.74, 6) is -0.351. The monoisotopic (exact) mass is 220 g/mol. The van der Waals surface area contributed by atoms with Crippen LogP contribution in [0.2, 0.25) is 0 Å². The Morgan fingerprint density at radius 1 is 1.31 bits per heavy atom. The molecule has 4 nitrogen and oxygen atoms in total. The van der Waals surface area contributed by atoms with E-state index in [-0.39, 0.29) is 0 Å². The van der Waals surface area contributed by atoms with Gasteiger partial charge < -0.3 is 9.15 Å². The van der Waals surface area contributed by atoms with E-state index >= 15 is 0 Å². The molecule has 1 fully saturated rings. The van der Waals surface area contributed by atoms with E-state index in [0.717, 1.165) is 5.76 Å². The van der Waals surface area contributed by atoms with Crippen LogP contribution in [0.4, 0.5) is 0 Å². The van der Waals surface area contributed by atoms with Crippen LogP contribution in [0, 0.1) is 13.8 Å². The van der Waals surface area contributed by atoms with Gasteiger partial charge >= 0.3 is 11.9 Å². The van der Waals surface area contributed by atoms with Crippen molar-refractivity contribution in [1.82, 2.24) is 0 Å². The molecule has 0 radical (unpaired) electrons. The Labute approximate surface area is 92.9 Å². The van der Waals surface area contributed by atoms with Crippen LogP contribution in [-0.2, 0) is 14.3 Å². The summed E-state index contributed by atoms with van der Waals surface area (Å²) in [6, 6.07) is 1.77. The molecule has 0 amide bonds. The van der Waals surface area contributed by atoms with Crippen LogP contribution in [-0.4, -0.2) is 11.9 Å². The molecule has 0 spiro atoms. The predicted octanol–water partition coefficient (Wildman–Crippen LogP) is 2.01. The molecule has 2 heterocycles. The van der Waals surface area contributed by atoms with Gasteiger partial charge in [-0.2, -0.15) is 0 Å². The first kappa shape index (κ1) is 10.7. The van der Waals surface area contributed by atoms with Gasteiger partial charge in [-0.1, -0.05) is 6.08 Å². The molecule has 0 bridgehead atoms. The van der Waals surface area contributed by atoms with Gasteiger partial charge in [-0.05, 0) is 26.8 Å². The first-order chi connectivity index (χ1) is 7.54. The maximum atomic E-state index is 11.6. The average Bonchev–Trinajstić information content (AvgIpc) is 2.66. The topological polar surface area (TPSA) is 56.5 Å². The first-order valence-corrected chi connectivity index (χ1v) is 5.03. The molecule has 1 aromatic heterocycles. The number of hydrogen-bond donors (Lipinski definition) is 0. The van der Waals surface area contributed by atoms with E-state index < -0.39 is 17.9 Å². The van der Waals surface area contributed by atoms with E-state index in [1.807, 2.05) is 0 Å². The molecule has 1 aromatic rings. The summed E-state index contributed by atoms with van der Waals surface area (Å²) in [5.41, 5.74) is 1.09. The lowest BCUT2D eigenvalue weighted by Gasteiger charge is -2.03. The number of hydrogen-bond acceptors (Lipinski definition) is 4. The van der Waals surface area contributed by atoms with Crippen molar-refractivity contribution in [3.8, 4) is 0 Å². The Morgan fingerprint density at radius 3 is 2.50 bits per heavy atom. The van der Waals surface area contributed by atoms with Crippen molar-refractivity contribution in [2.45, 2.75) is 26.7 Å². The van der Waals surface area contributed by atoms with Gasteiger partial charge in [0, 0.05) is 5.56 Å². The summed E-state index contributed by atoms with van der Waals surface area (Å²) in [7, 11) is 0. The highest BCUT2D eigenvalue weighted by Gasteiger charge is 2.41. The van der Waals surface area contributed by atoms with Crippen LogP contribution in [0.5, 0.6) is 0 Å². The van der Waals surface area contributed by atoms with Gasteiger partial charge in [0.1, 0.15) is 17.4 Å². The Hall–Kier alpha value is -1.84. The zero-order valence-electron chi connectivity index (χ0n) is 9.37. The van der Waals surface area contributed by atoms with E-state index in [1.165, 1.54) is 0 Å². The maximum Gasteiger partial charge on any atom is 0.342 e. The molecule has 2 rings (SSSR count). The van der Waals surface area contributed by atoms with Crippen molar-refractivity contribution in [1.29, 1.82) is 0 Å². The third-order valence-corrected chi connectivity index (χ3v) is 2.68. The van der Waals surface area contributed by atoms with Crippen molar-refractivity contribution < 1.29 is 18.7 Å². The Bertz CT molecular complexity index is 493. The van der Waals surface area contributed by atoms with E-state index in [0.29, 0.717) is 16.9 Å². The molecular weight excluding hydrogens is 208 g/mol. The first-order valence-electron chi connectivity index (χ1n) is 5.03. The lowest BCUT2D eigenvalue weighted by atomic mass is 9.93. The highest BCUT2D eigenvalue weighted by atomic mass is 16.6. The van der Waals surface area contributed by atoms with Crippen LogP contribution < -0.4 is 0 Å². The molecule has 1 aliphatic heterocycles. The largest absolute Gasteiger partial charge is 0.466 e. The highest BCUT2D eigenvalue weighted by Crippen LogP contribution is 2.35. The number of allylic oxidation sites excluding steroid dienone is 1. The normalized spacial score (nSPS) is 22.9. The van der Waals surface area contributed by atoms with E-state index in [2.05, 4.69) is 4.74 Å². The van der Waals surface area contributed by atoms with Gasteiger partial charge in [0.05, 0.1) is 5.57 Å². The van der Waals surface area contributed by atoms with Crippen molar-refractivity contribution in [3.63, 3.8) is 0 Å². The lowest BCUT2D eigenvalue weighted by molar-refractivity contribution is -0.151. The maximum absolute atomic E-state index is 11.6. The smallest absolute Gasteiger partial charge is 0.342 e. The second-order valence-corrected chi connectivity index (χ2v) is 3.75. The molecule has 1 saturated heterocycles. The summed E-state index contributed by atoms with van der Waals surface area (Å²) in [6.45, 7) is 5.28. The predicted molar refractivity (Wildman–Crippen MR) is 55.8 cm³/mol. The Balaban J connectivity index is 2.51. The van der Waals surface area contributed by atoms with Crippen molar-refractivity contribution in [2.75, 3.05) is 0 Å². The third-order valence-electron chi connectivity index (χ3n) is 2.68. The molecular formula is C12H12O4. The number of aryl methyl sites for hydroxylation is 2. The molecule has 4 heteroatoms. The number of furan rings is 1. The van der Waals surface area contributed by atoms with Crippen LogP contribution in [0.15, 0.2) is 22.1 Å². The summed E-state index contributed by atoms with van der Waals surface area (Å²) in [5, 5.41) is 0. The van der Waals surface area contributed by atoms with Crippen LogP contribution >= 0.6 is 0 Å². The fourth-order valence-electron chi connectivity index (χ4n) is 1.97. The molecule has 1 atom stereocenters. The molecule has 0 aromatic carbocycles. The van der Waals surface area contributed by atoms with Gasteiger partial charge in [0.25, 0.3) is 0 Å².